The molecule has 2 N–H and O–H groups in total. The zero-order valence-corrected chi connectivity index (χ0v) is 16.2. The lowest BCUT2D eigenvalue weighted by atomic mass is 9.64. The summed E-state index contributed by atoms with van der Waals surface area (Å²) < 4.78 is 11.8. The summed E-state index contributed by atoms with van der Waals surface area (Å²) in [4.78, 5) is 0. The molecule has 1 saturated heterocycles. The zero-order chi connectivity index (χ0) is 19.8. The van der Waals surface area contributed by atoms with Crippen LogP contribution in [0.15, 0.2) is 83.5 Å². The quantitative estimate of drug-likeness (QED) is 0.713. The Morgan fingerprint density at radius 3 is 2.00 bits per heavy atom. The fourth-order valence-electron chi connectivity index (χ4n) is 4.47. The van der Waals surface area contributed by atoms with Crippen molar-refractivity contribution in [2.45, 2.75) is 37.8 Å². The summed E-state index contributed by atoms with van der Waals surface area (Å²) in [7, 11) is 0. The monoisotopic (exact) mass is 378 g/mol. The van der Waals surface area contributed by atoms with Crippen molar-refractivity contribution >= 4 is 0 Å². The van der Waals surface area contributed by atoms with E-state index in [0.29, 0.717) is 12.0 Å². The molecule has 2 aromatic carbocycles. The van der Waals surface area contributed by atoms with Gasteiger partial charge in [-0.1, -0.05) is 74.5 Å². The Balaban J connectivity index is 1.82. The second kappa shape index (κ2) is 7.21. The molecule has 28 heavy (non-hydrogen) atoms. The Kier molecular flexibility index (Phi) is 4.88. The molecule has 146 valence electrons. The molecule has 0 spiro atoms. The van der Waals surface area contributed by atoms with Gasteiger partial charge in [0.15, 0.2) is 5.79 Å². The van der Waals surface area contributed by atoms with Crippen LogP contribution in [-0.2, 0) is 22.5 Å². The minimum absolute atomic E-state index is 0.265. The second-order valence-corrected chi connectivity index (χ2v) is 7.70. The average Bonchev–Trinajstić information content (AvgIpc) is 3.25. The van der Waals surface area contributed by atoms with Crippen molar-refractivity contribution in [3.8, 4) is 0 Å². The summed E-state index contributed by atoms with van der Waals surface area (Å²) >= 11 is 0. The number of hydrogen-bond donors (Lipinski definition) is 2. The minimum Gasteiger partial charge on any atom is -0.469 e. The molecule has 1 aliphatic rings. The Morgan fingerprint density at radius 2 is 1.43 bits per heavy atom. The van der Waals surface area contributed by atoms with E-state index in [-0.39, 0.29) is 5.92 Å². The van der Waals surface area contributed by atoms with E-state index in [0.717, 1.165) is 11.3 Å². The van der Waals surface area contributed by atoms with Gasteiger partial charge in [-0.15, -0.1) is 0 Å². The highest BCUT2D eigenvalue weighted by atomic mass is 16.6. The maximum atomic E-state index is 12.0. The van der Waals surface area contributed by atoms with Gasteiger partial charge in [-0.25, -0.2) is 0 Å². The number of benzene rings is 2. The predicted molar refractivity (Wildman–Crippen MR) is 106 cm³/mol. The molecular formula is C24H26O4. The molecule has 0 radical (unpaired) electrons. The number of rotatable bonds is 4. The zero-order valence-electron chi connectivity index (χ0n) is 16.2. The third-order valence-corrected chi connectivity index (χ3v) is 6.24. The standard InChI is InChI=1S/C24H26O4/c1-17-22(16-21-14-9-15-27-21)28-24(26,20-12-7-4-8-13-20)18(2)23(17,25)19-10-5-3-6-11-19/h3-15,17-18,22,25-26H,16H2,1-2H3/t17-,18-,22-,23-,24-/m1/s1. The summed E-state index contributed by atoms with van der Waals surface area (Å²) in [5.41, 5.74) is 0.131. The number of furan rings is 1. The highest BCUT2D eigenvalue weighted by Gasteiger charge is 2.59. The molecule has 1 aromatic heterocycles. The van der Waals surface area contributed by atoms with Crippen LogP contribution in [0.1, 0.15) is 30.7 Å². The van der Waals surface area contributed by atoms with Crippen LogP contribution >= 0.6 is 0 Å². The lowest BCUT2D eigenvalue weighted by Crippen LogP contribution is -2.61. The van der Waals surface area contributed by atoms with Gasteiger partial charge in [0.05, 0.1) is 12.4 Å². The van der Waals surface area contributed by atoms with Crippen LogP contribution in [0.5, 0.6) is 0 Å². The lowest BCUT2D eigenvalue weighted by molar-refractivity contribution is -0.356. The van der Waals surface area contributed by atoms with Crippen LogP contribution in [0, 0.1) is 11.8 Å². The van der Waals surface area contributed by atoms with Crippen molar-refractivity contribution in [1.29, 1.82) is 0 Å². The van der Waals surface area contributed by atoms with E-state index in [1.165, 1.54) is 0 Å². The van der Waals surface area contributed by atoms with Crippen LogP contribution < -0.4 is 0 Å². The molecule has 5 atom stereocenters. The summed E-state index contributed by atoms with van der Waals surface area (Å²) in [6.45, 7) is 3.82. The molecule has 0 unspecified atom stereocenters. The van der Waals surface area contributed by atoms with Gasteiger partial charge in [0, 0.05) is 23.8 Å². The molecule has 0 amide bonds. The normalized spacial score (nSPS) is 32.9. The van der Waals surface area contributed by atoms with E-state index in [1.54, 1.807) is 6.26 Å². The fraction of sp³-hybridized carbons (Fsp3) is 0.333. The fourth-order valence-corrected chi connectivity index (χ4v) is 4.47. The van der Waals surface area contributed by atoms with Crippen molar-refractivity contribution in [2.24, 2.45) is 11.8 Å². The highest BCUT2D eigenvalue weighted by Crippen LogP contribution is 2.53. The Hall–Kier alpha value is -2.40. The smallest absolute Gasteiger partial charge is 0.198 e. The Labute approximate surface area is 165 Å². The van der Waals surface area contributed by atoms with E-state index >= 15 is 0 Å². The van der Waals surface area contributed by atoms with Gasteiger partial charge in [0.2, 0.25) is 0 Å². The number of ether oxygens (including phenoxy) is 1. The van der Waals surface area contributed by atoms with Crippen molar-refractivity contribution in [3.63, 3.8) is 0 Å². The molecule has 2 heterocycles. The first-order chi connectivity index (χ1) is 13.5. The molecule has 0 saturated carbocycles. The average molecular weight is 378 g/mol. The first-order valence-electron chi connectivity index (χ1n) is 9.72. The van der Waals surface area contributed by atoms with E-state index in [2.05, 4.69) is 0 Å². The van der Waals surface area contributed by atoms with Gasteiger partial charge in [0.1, 0.15) is 11.4 Å². The number of hydrogen-bond acceptors (Lipinski definition) is 4. The Bertz CT molecular complexity index is 893. The third-order valence-electron chi connectivity index (χ3n) is 6.24. The van der Waals surface area contributed by atoms with Crippen LogP contribution in [0.4, 0.5) is 0 Å². The molecule has 4 nitrogen and oxygen atoms in total. The Morgan fingerprint density at radius 1 is 0.821 bits per heavy atom. The SMILES string of the molecule is C[C@@H]1[C@@H](Cc2ccco2)O[C@@](O)(c2ccccc2)[C@H](C)[C@@]1(O)c1ccccc1. The van der Waals surface area contributed by atoms with E-state index < -0.39 is 23.4 Å². The van der Waals surface area contributed by atoms with Gasteiger partial charge >= 0.3 is 0 Å². The van der Waals surface area contributed by atoms with Gasteiger partial charge in [-0.05, 0) is 17.7 Å². The molecular weight excluding hydrogens is 352 g/mol. The highest BCUT2D eigenvalue weighted by molar-refractivity contribution is 5.30. The maximum absolute atomic E-state index is 12.0. The van der Waals surface area contributed by atoms with Gasteiger partial charge in [-0.3, -0.25) is 0 Å². The van der Waals surface area contributed by atoms with Gasteiger partial charge < -0.3 is 19.4 Å². The van der Waals surface area contributed by atoms with Crippen molar-refractivity contribution < 1.29 is 19.4 Å². The van der Waals surface area contributed by atoms with Crippen molar-refractivity contribution in [1.82, 2.24) is 0 Å². The molecule has 1 aliphatic heterocycles. The summed E-state index contributed by atoms with van der Waals surface area (Å²) in [6, 6.07) is 22.6. The van der Waals surface area contributed by atoms with Crippen LogP contribution in [-0.4, -0.2) is 16.3 Å². The van der Waals surface area contributed by atoms with Crippen molar-refractivity contribution in [3.05, 3.63) is 95.9 Å². The third kappa shape index (κ3) is 2.98. The van der Waals surface area contributed by atoms with Gasteiger partial charge in [-0.2, -0.15) is 0 Å². The lowest BCUT2D eigenvalue weighted by Gasteiger charge is -2.54. The molecule has 4 heteroatoms. The topological polar surface area (TPSA) is 62.8 Å². The molecule has 0 aliphatic carbocycles. The van der Waals surface area contributed by atoms with Crippen LogP contribution in [0.2, 0.25) is 0 Å². The number of aliphatic hydroxyl groups is 2. The largest absolute Gasteiger partial charge is 0.469 e. The van der Waals surface area contributed by atoms with Crippen LogP contribution in [0.25, 0.3) is 0 Å². The van der Waals surface area contributed by atoms with E-state index in [1.807, 2.05) is 86.6 Å². The minimum atomic E-state index is -1.63. The molecule has 1 fully saturated rings. The predicted octanol–water partition coefficient (Wildman–Crippen LogP) is 4.23. The summed E-state index contributed by atoms with van der Waals surface area (Å²) in [5, 5.41) is 23.7. The first-order valence-corrected chi connectivity index (χ1v) is 9.72. The summed E-state index contributed by atoms with van der Waals surface area (Å²) in [6.07, 6.45) is 1.65. The second-order valence-electron chi connectivity index (χ2n) is 7.70. The molecule has 0 bridgehead atoms. The van der Waals surface area contributed by atoms with E-state index in [9.17, 15) is 10.2 Å². The summed E-state index contributed by atoms with van der Waals surface area (Å²) in [5.74, 6) is -1.72. The molecule has 3 aromatic rings. The maximum Gasteiger partial charge on any atom is 0.198 e. The van der Waals surface area contributed by atoms with E-state index in [4.69, 9.17) is 9.15 Å². The first kappa shape index (κ1) is 18.9. The molecule has 4 rings (SSSR count). The van der Waals surface area contributed by atoms with Crippen LogP contribution in [0.3, 0.4) is 0 Å². The van der Waals surface area contributed by atoms with Gasteiger partial charge in [0.25, 0.3) is 0 Å². The van der Waals surface area contributed by atoms with Crippen molar-refractivity contribution in [2.75, 3.05) is 0 Å².